The normalized spacial score (nSPS) is 20.5. The summed E-state index contributed by atoms with van der Waals surface area (Å²) in [4.78, 5) is 11.4. The van der Waals surface area contributed by atoms with E-state index in [0.717, 1.165) is 26.1 Å². The Kier molecular flexibility index (Phi) is 6.41. The molecule has 1 aliphatic heterocycles. The van der Waals surface area contributed by atoms with Crippen LogP contribution in [0.2, 0.25) is 0 Å². The van der Waals surface area contributed by atoms with E-state index in [1.165, 1.54) is 25.7 Å². The third kappa shape index (κ3) is 5.78. The van der Waals surface area contributed by atoms with Crippen molar-refractivity contribution in [2.45, 2.75) is 45.4 Å². The molecular weight excluding hydrogens is 188 g/mol. The third-order valence-electron chi connectivity index (χ3n) is 3.01. The summed E-state index contributed by atoms with van der Waals surface area (Å²) in [5.74, 6) is 0.891. The average molecular weight is 212 g/mol. The van der Waals surface area contributed by atoms with Crippen LogP contribution in [0.5, 0.6) is 0 Å². The zero-order valence-corrected chi connectivity index (χ0v) is 9.85. The van der Waals surface area contributed by atoms with Gasteiger partial charge in [0.2, 0.25) is 5.91 Å². The number of carbonyl (C=O) groups is 1. The van der Waals surface area contributed by atoms with Gasteiger partial charge in [-0.3, -0.25) is 4.79 Å². The molecule has 1 rings (SSSR count). The summed E-state index contributed by atoms with van der Waals surface area (Å²) in [5, 5.41) is 6.33. The molecule has 0 aliphatic carbocycles. The van der Waals surface area contributed by atoms with Gasteiger partial charge in [0.25, 0.3) is 0 Å². The molecule has 1 atom stereocenters. The molecule has 1 unspecified atom stereocenters. The van der Waals surface area contributed by atoms with Gasteiger partial charge in [-0.1, -0.05) is 26.2 Å². The van der Waals surface area contributed by atoms with Gasteiger partial charge in [-0.05, 0) is 31.8 Å². The molecule has 1 heterocycles. The van der Waals surface area contributed by atoms with Crippen LogP contribution in [0.25, 0.3) is 0 Å². The molecule has 0 radical (unpaired) electrons. The van der Waals surface area contributed by atoms with E-state index in [4.69, 9.17) is 0 Å². The molecule has 0 aromatic heterocycles. The molecule has 15 heavy (non-hydrogen) atoms. The maximum atomic E-state index is 11.4. The van der Waals surface area contributed by atoms with Crippen molar-refractivity contribution in [3.05, 3.63) is 0 Å². The summed E-state index contributed by atoms with van der Waals surface area (Å²) >= 11 is 0. The molecule has 0 spiro atoms. The van der Waals surface area contributed by atoms with Gasteiger partial charge in [0, 0.05) is 13.0 Å². The highest BCUT2D eigenvalue weighted by Gasteiger charge is 2.14. The summed E-state index contributed by atoms with van der Waals surface area (Å²) < 4.78 is 0. The first-order chi connectivity index (χ1) is 7.33. The molecule has 3 nitrogen and oxygen atoms in total. The van der Waals surface area contributed by atoms with E-state index in [9.17, 15) is 4.79 Å². The van der Waals surface area contributed by atoms with Gasteiger partial charge in [0.05, 0.1) is 0 Å². The Hall–Kier alpha value is -0.570. The van der Waals surface area contributed by atoms with Crippen molar-refractivity contribution < 1.29 is 4.79 Å². The van der Waals surface area contributed by atoms with Crippen LogP contribution in [0.3, 0.4) is 0 Å². The molecule has 0 aromatic carbocycles. The standard InChI is InChI=1S/C12H24N2O/c1-2-3-4-5-6-12(15)14-10-11-7-8-13-9-11/h11,13H,2-10H2,1H3,(H,14,15). The molecule has 2 N–H and O–H groups in total. The van der Waals surface area contributed by atoms with Gasteiger partial charge >= 0.3 is 0 Å². The second-order valence-corrected chi connectivity index (χ2v) is 4.47. The maximum absolute atomic E-state index is 11.4. The predicted molar refractivity (Wildman–Crippen MR) is 62.7 cm³/mol. The van der Waals surface area contributed by atoms with E-state index in [1.807, 2.05) is 0 Å². The number of unbranched alkanes of at least 4 members (excludes halogenated alkanes) is 3. The van der Waals surface area contributed by atoms with Gasteiger partial charge in [-0.15, -0.1) is 0 Å². The summed E-state index contributed by atoms with van der Waals surface area (Å²) in [6.07, 6.45) is 6.63. The topological polar surface area (TPSA) is 41.1 Å². The average Bonchev–Trinajstić information content (AvgIpc) is 2.74. The Balaban J connectivity index is 1.93. The first-order valence-electron chi connectivity index (χ1n) is 6.30. The van der Waals surface area contributed by atoms with Crippen molar-refractivity contribution in [3.8, 4) is 0 Å². The van der Waals surface area contributed by atoms with Crippen LogP contribution in [0.1, 0.15) is 45.4 Å². The third-order valence-corrected chi connectivity index (χ3v) is 3.01. The Morgan fingerprint density at radius 2 is 2.27 bits per heavy atom. The van der Waals surface area contributed by atoms with Crippen LogP contribution in [-0.4, -0.2) is 25.5 Å². The molecule has 0 bridgehead atoms. The van der Waals surface area contributed by atoms with E-state index >= 15 is 0 Å². The zero-order chi connectivity index (χ0) is 10.9. The van der Waals surface area contributed by atoms with E-state index in [-0.39, 0.29) is 5.91 Å². The smallest absolute Gasteiger partial charge is 0.220 e. The second kappa shape index (κ2) is 7.69. The van der Waals surface area contributed by atoms with Crippen LogP contribution >= 0.6 is 0 Å². The molecule has 0 aromatic rings. The highest BCUT2D eigenvalue weighted by atomic mass is 16.1. The first kappa shape index (κ1) is 12.5. The lowest BCUT2D eigenvalue weighted by Crippen LogP contribution is -2.29. The fourth-order valence-corrected chi connectivity index (χ4v) is 1.95. The summed E-state index contributed by atoms with van der Waals surface area (Å²) in [5.41, 5.74) is 0. The Morgan fingerprint density at radius 1 is 1.40 bits per heavy atom. The number of nitrogens with one attached hydrogen (secondary N) is 2. The minimum absolute atomic E-state index is 0.234. The Labute approximate surface area is 93.0 Å². The lowest BCUT2D eigenvalue weighted by molar-refractivity contribution is -0.121. The van der Waals surface area contributed by atoms with Crippen molar-refractivity contribution in [3.63, 3.8) is 0 Å². The van der Waals surface area contributed by atoms with E-state index in [0.29, 0.717) is 12.3 Å². The van der Waals surface area contributed by atoms with Gasteiger partial charge in [-0.25, -0.2) is 0 Å². The molecule has 1 aliphatic rings. The van der Waals surface area contributed by atoms with Crippen LogP contribution in [0, 0.1) is 5.92 Å². The number of carbonyl (C=O) groups excluding carboxylic acids is 1. The van der Waals surface area contributed by atoms with Crippen LogP contribution in [-0.2, 0) is 4.79 Å². The lowest BCUT2D eigenvalue weighted by atomic mass is 10.1. The van der Waals surface area contributed by atoms with Gasteiger partial charge < -0.3 is 10.6 Å². The predicted octanol–water partition coefficient (Wildman–Crippen LogP) is 1.68. The van der Waals surface area contributed by atoms with Crippen LogP contribution in [0.15, 0.2) is 0 Å². The van der Waals surface area contributed by atoms with Crippen LogP contribution < -0.4 is 10.6 Å². The first-order valence-corrected chi connectivity index (χ1v) is 6.30. The number of amides is 1. The molecule has 1 fully saturated rings. The fraction of sp³-hybridized carbons (Fsp3) is 0.917. The monoisotopic (exact) mass is 212 g/mol. The molecule has 88 valence electrons. The van der Waals surface area contributed by atoms with Crippen molar-refractivity contribution in [1.29, 1.82) is 0 Å². The molecule has 3 heteroatoms. The maximum Gasteiger partial charge on any atom is 0.220 e. The molecule has 1 saturated heterocycles. The van der Waals surface area contributed by atoms with Crippen molar-refractivity contribution in [2.75, 3.05) is 19.6 Å². The second-order valence-electron chi connectivity index (χ2n) is 4.47. The zero-order valence-electron chi connectivity index (χ0n) is 9.85. The molecule has 1 amide bonds. The van der Waals surface area contributed by atoms with Gasteiger partial charge in [0.1, 0.15) is 0 Å². The van der Waals surface area contributed by atoms with Crippen molar-refractivity contribution in [2.24, 2.45) is 5.92 Å². The highest BCUT2D eigenvalue weighted by molar-refractivity contribution is 5.75. The van der Waals surface area contributed by atoms with Gasteiger partial charge in [0.15, 0.2) is 0 Å². The summed E-state index contributed by atoms with van der Waals surface area (Å²) in [6, 6.07) is 0. The number of hydrogen-bond acceptors (Lipinski definition) is 2. The lowest BCUT2D eigenvalue weighted by Gasteiger charge is -2.09. The minimum Gasteiger partial charge on any atom is -0.356 e. The largest absolute Gasteiger partial charge is 0.356 e. The van der Waals surface area contributed by atoms with E-state index in [1.54, 1.807) is 0 Å². The van der Waals surface area contributed by atoms with E-state index in [2.05, 4.69) is 17.6 Å². The van der Waals surface area contributed by atoms with Crippen molar-refractivity contribution in [1.82, 2.24) is 10.6 Å². The fourth-order valence-electron chi connectivity index (χ4n) is 1.95. The Morgan fingerprint density at radius 3 is 2.93 bits per heavy atom. The summed E-state index contributed by atoms with van der Waals surface area (Å²) in [6.45, 7) is 5.22. The summed E-state index contributed by atoms with van der Waals surface area (Å²) in [7, 11) is 0. The minimum atomic E-state index is 0.234. The molecular formula is C12H24N2O. The van der Waals surface area contributed by atoms with Crippen molar-refractivity contribution >= 4 is 5.91 Å². The Bertz CT molecular complexity index is 176. The number of rotatable bonds is 7. The van der Waals surface area contributed by atoms with Crippen LogP contribution in [0.4, 0.5) is 0 Å². The van der Waals surface area contributed by atoms with E-state index < -0.39 is 0 Å². The molecule has 0 saturated carbocycles. The number of hydrogen-bond donors (Lipinski definition) is 2. The van der Waals surface area contributed by atoms with Gasteiger partial charge in [-0.2, -0.15) is 0 Å². The highest BCUT2D eigenvalue weighted by Crippen LogP contribution is 2.06. The SMILES string of the molecule is CCCCCCC(=O)NCC1CCNC1. The quantitative estimate of drug-likeness (QED) is 0.630.